The van der Waals surface area contributed by atoms with Gasteiger partial charge in [-0.3, -0.25) is 4.79 Å². The minimum atomic E-state index is -3.54. The number of hydrogen-bond acceptors (Lipinski definition) is 3. The van der Waals surface area contributed by atoms with Crippen molar-refractivity contribution >= 4 is 27.5 Å². The second kappa shape index (κ2) is 9.54. The van der Waals surface area contributed by atoms with Crippen molar-refractivity contribution in [3.05, 3.63) is 64.7 Å². The molecule has 0 bridgehead atoms. The minimum Gasteiger partial charge on any atom is -0.342 e. The molecule has 0 spiro atoms. The lowest BCUT2D eigenvalue weighted by Crippen LogP contribution is -2.36. The maximum Gasteiger partial charge on any atom is 0.240 e. The van der Waals surface area contributed by atoms with Gasteiger partial charge in [0.25, 0.3) is 0 Å². The average Bonchev–Trinajstić information content (AvgIpc) is 2.70. The van der Waals surface area contributed by atoms with Gasteiger partial charge in [-0.2, -0.15) is 0 Å². The molecule has 3 rings (SSSR count). The van der Waals surface area contributed by atoms with E-state index in [2.05, 4.69) is 4.72 Å². The van der Waals surface area contributed by atoms with Crippen molar-refractivity contribution in [3.63, 3.8) is 0 Å². The van der Waals surface area contributed by atoms with Crippen molar-refractivity contribution in [2.24, 2.45) is 0 Å². The van der Waals surface area contributed by atoms with Crippen LogP contribution < -0.4 is 4.72 Å². The molecule has 0 unspecified atom stereocenters. The summed E-state index contributed by atoms with van der Waals surface area (Å²) in [5, 5.41) is 0.498. The first kappa shape index (κ1) is 20.8. The van der Waals surface area contributed by atoms with E-state index in [1.54, 1.807) is 12.1 Å². The standard InChI is InChI=1S/C21H25ClN2O3S/c22-19-8-10-20(11-9-19)28(26,27)23-13-12-17-4-6-18(7-5-17)16-21(25)24-14-2-1-3-15-24/h4-11,23H,1-3,12-16H2. The molecule has 0 saturated carbocycles. The van der Waals surface area contributed by atoms with Gasteiger partial charge in [0.1, 0.15) is 0 Å². The van der Waals surface area contributed by atoms with Crippen molar-refractivity contribution in [2.45, 2.75) is 37.0 Å². The number of hydrogen-bond donors (Lipinski definition) is 1. The van der Waals surface area contributed by atoms with Crippen molar-refractivity contribution in [1.82, 2.24) is 9.62 Å². The molecule has 0 atom stereocenters. The Hall–Kier alpha value is -1.89. The van der Waals surface area contributed by atoms with E-state index in [0.29, 0.717) is 24.4 Å². The second-order valence-electron chi connectivity index (χ2n) is 7.04. The minimum absolute atomic E-state index is 0.183. The molecule has 1 fully saturated rings. The van der Waals surface area contributed by atoms with Gasteiger partial charge in [0.05, 0.1) is 11.3 Å². The summed E-state index contributed by atoms with van der Waals surface area (Å²) in [4.78, 5) is 14.5. The van der Waals surface area contributed by atoms with Crippen LogP contribution in [-0.4, -0.2) is 38.9 Å². The third kappa shape index (κ3) is 5.80. The summed E-state index contributed by atoms with van der Waals surface area (Å²) in [6.45, 7) is 2.03. The van der Waals surface area contributed by atoms with E-state index in [-0.39, 0.29) is 10.8 Å². The van der Waals surface area contributed by atoms with Crippen LogP contribution in [0.15, 0.2) is 53.4 Å². The fourth-order valence-electron chi connectivity index (χ4n) is 3.28. The van der Waals surface area contributed by atoms with Gasteiger partial charge in [-0.1, -0.05) is 35.9 Å². The Balaban J connectivity index is 1.49. The molecule has 1 amide bonds. The van der Waals surface area contributed by atoms with Gasteiger partial charge in [-0.15, -0.1) is 0 Å². The molecule has 0 radical (unpaired) electrons. The van der Waals surface area contributed by atoms with Crippen molar-refractivity contribution in [2.75, 3.05) is 19.6 Å². The largest absolute Gasteiger partial charge is 0.342 e. The molecule has 150 valence electrons. The molecule has 0 aromatic heterocycles. The summed E-state index contributed by atoms with van der Waals surface area (Å²) >= 11 is 5.80. The highest BCUT2D eigenvalue weighted by molar-refractivity contribution is 7.89. The summed E-state index contributed by atoms with van der Waals surface area (Å²) in [6, 6.07) is 13.9. The van der Waals surface area contributed by atoms with Crippen molar-refractivity contribution in [3.8, 4) is 0 Å². The predicted molar refractivity (Wildman–Crippen MR) is 111 cm³/mol. The van der Waals surface area contributed by atoms with Gasteiger partial charge < -0.3 is 4.90 Å². The number of rotatable bonds is 7. The van der Waals surface area contributed by atoms with E-state index in [1.165, 1.54) is 18.6 Å². The number of piperidine rings is 1. The van der Waals surface area contributed by atoms with Crippen LogP contribution in [0.2, 0.25) is 5.02 Å². The number of halogens is 1. The maximum absolute atomic E-state index is 12.3. The highest BCUT2D eigenvalue weighted by Gasteiger charge is 2.16. The van der Waals surface area contributed by atoms with Crippen LogP contribution in [-0.2, 0) is 27.7 Å². The SMILES string of the molecule is O=C(Cc1ccc(CCNS(=O)(=O)c2ccc(Cl)cc2)cc1)N1CCCCC1. The van der Waals surface area contributed by atoms with Crippen molar-refractivity contribution < 1.29 is 13.2 Å². The molecule has 0 aliphatic carbocycles. The van der Waals surface area contributed by atoms with Gasteiger partial charge in [-0.05, 0) is 61.1 Å². The van der Waals surface area contributed by atoms with Crippen LogP contribution >= 0.6 is 11.6 Å². The number of carbonyl (C=O) groups excluding carboxylic acids is 1. The number of benzene rings is 2. The fourth-order valence-corrected chi connectivity index (χ4v) is 4.44. The molecule has 1 aliphatic heterocycles. The van der Waals surface area contributed by atoms with E-state index in [4.69, 9.17) is 11.6 Å². The third-order valence-electron chi connectivity index (χ3n) is 4.92. The highest BCUT2D eigenvalue weighted by atomic mass is 35.5. The monoisotopic (exact) mass is 420 g/mol. The van der Waals surface area contributed by atoms with Crippen LogP contribution in [0.3, 0.4) is 0 Å². The second-order valence-corrected chi connectivity index (χ2v) is 9.24. The quantitative estimate of drug-likeness (QED) is 0.746. The number of sulfonamides is 1. The molecule has 28 heavy (non-hydrogen) atoms. The smallest absolute Gasteiger partial charge is 0.240 e. The Kier molecular flexibility index (Phi) is 7.10. The van der Waals surface area contributed by atoms with Gasteiger partial charge in [0.15, 0.2) is 0 Å². The topological polar surface area (TPSA) is 66.5 Å². The molecule has 1 N–H and O–H groups in total. The summed E-state index contributed by atoms with van der Waals surface area (Å²) in [5.74, 6) is 0.183. The lowest BCUT2D eigenvalue weighted by Gasteiger charge is -2.26. The van der Waals surface area contributed by atoms with E-state index < -0.39 is 10.0 Å². The molecular formula is C21H25ClN2O3S. The van der Waals surface area contributed by atoms with E-state index in [0.717, 1.165) is 37.1 Å². The molecular weight excluding hydrogens is 396 g/mol. The molecule has 5 nitrogen and oxygen atoms in total. The molecule has 1 heterocycles. The van der Waals surface area contributed by atoms with Crippen LogP contribution in [0.25, 0.3) is 0 Å². The third-order valence-corrected chi connectivity index (χ3v) is 6.65. The lowest BCUT2D eigenvalue weighted by molar-refractivity contribution is -0.131. The highest BCUT2D eigenvalue weighted by Crippen LogP contribution is 2.15. The van der Waals surface area contributed by atoms with Gasteiger partial charge >= 0.3 is 0 Å². The van der Waals surface area contributed by atoms with Crippen molar-refractivity contribution in [1.29, 1.82) is 0 Å². The van der Waals surface area contributed by atoms with E-state index >= 15 is 0 Å². The predicted octanol–water partition coefficient (Wildman–Crippen LogP) is 3.42. The first-order valence-corrected chi connectivity index (χ1v) is 11.4. The number of amides is 1. The number of carbonyl (C=O) groups is 1. The average molecular weight is 421 g/mol. The normalized spacial score (nSPS) is 14.8. The van der Waals surface area contributed by atoms with Gasteiger partial charge in [0.2, 0.25) is 15.9 Å². The molecule has 7 heteroatoms. The Morgan fingerprint density at radius 1 is 0.929 bits per heavy atom. The van der Waals surface area contributed by atoms with E-state index in [9.17, 15) is 13.2 Å². The maximum atomic E-state index is 12.3. The van der Waals surface area contributed by atoms with Gasteiger partial charge in [-0.25, -0.2) is 13.1 Å². The Morgan fingerprint density at radius 3 is 2.18 bits per heavy atom. The molecule has 1 aliphatic rings. The number of likely N-dealkylation sites (tertiary alicyclic amines) is 1. The Morgan fingerprint density at radius 2 is 1.54 bits per heavy atom. The molecule has 2 aromatic carbocycles. The van der Waals surface area contributed by atoms with Crippen LogP contribution in [0.1, 0.15) is 30.4 Å². The Bertz CT molecular complexity index is 890. The van der Waals surface area contributed by atoms with E-state index in [1.807, 2.05) is 29.2 Å². The Labute approximate surface area is 171 Å². The first-order valence-electron chi connectivity index (χ1n) is 9.55. The zero-order valence-corrected chi connectivity index (χ0v) is 17.3. The van der Waals surface area contributed by atoms with Gasteiger partial charge in [0, 0.05) is 24.7 Å². The summed E-state index contributed by atoms with van der Waals surface area (Å²) < 4.78 is 27.1. The fraction of sp³-hybridized carbons (Fsp3) is 0.381. The number of nitrogens with zero attached hydrogens (tertiary/aromatic N) is 1. The lowest BCUT2D eigenvalue weighted by atomic mass is 10.1. The summed E-state index contributed by atoms with van der Waals surface area (Å²) in [5.41, 5.74) is 2.01. The zero-order valence-electron chi connectivity index (χ0n) is 15.7. The molecule has 2 aromatic rings. The molecule has 1 saturated heterocycles. The summed E-state index contributed by atoms with van der Waals surface area (Å²) in [7, 11) is -3.54. The number of nitrogens with one attached hydrogen (secondary N) is 1. The first-order chi connectivity index (χ1) is 13.4. The summed E-state index contributed by atoms with van der Waals surface area (Å²) in [6.07, 6.45) is 4.39. The van der Waals surface area contributed by atoms with Crippen LogP contribution in [0, 0.1) is 0 Å². The van der Waals surface area contributed by atoms with Crippen LogP contribution in [0.5, 0.6) is 0 Å². The van der Waals surface area contributed by atoms with Crippen LogP contribution in [0.4, 0.5) is 0 Å². The zero-order chi connectivity index (χ0) is 20.0.